The predicted molar refractivity (Wildman–Crippen MR) is 150 cm³/mol. The van der Waals surface area contributed by atoms with E-state index in [1.54, 1.807) is 11.3 Å². The number of rotatable bonds is 9. The van der Waals surface area contributed by atoms with Crippen LogP contribution in [0.5, 0.6) is 5.88 Å². The number of likely N-dealkylation sites (N-methyl/N-ethyl adjacent to an activating group) is 1. The lowest BCUT2D eigenvalue weighted by Crippen LogP contribution is -2.33. The van der Waals surface area contributed by atoms with Gasteiger partial charge in [0.1, 0.15) is 27.8 Å². The van der Waals surface area contributed by atoms with Gasteiger partial charge in [0.15, 0.2) is 0 Å². The SMILES string of the molecule is CNC1(COc2ccc3c(n2)sc2cc(-c4ccc(CC(=O)Cc5cc(C(C)(C)C)on5)cc4)cn23)CC1. The largest absolute Gasteiger partial charge is 0.476 e. The van der Waals surface area contributed by atoms with Crippen LogP contribution in [0, 0.1) is 0 Å². The molecule has 0 saturated heterocycles. The smallest absolute Gasteiger partial charge is 0.214 e. The molecule has 38 heavy (non-hydrogen) atoms. The Morgan fingerprint density at radius 1 is 1.11 bits per heavy atom. The van der Waals surface area contributed by atoms with Crippen LogP contribution < -0.4 is 10.1 Å². The summed E-state index contributed by atoms with van der Waals surface area (Å²) in [4.78, 5) is 19.5. The monoisotopic (exact) mass is 528 g/mol. The zero-order valence-corrected chi connectivity index (χ0v) is 23.0. The standard InChI is InChI=1S/C30H32N4O3S/c1-29(2,3)25-16-22(33-37-25)15-23(35)13-19-5-7-20(8-6-19)21-14-27-34(17-21)24-9-10-26(32-28(24)38-27)36-18-30(31-4)11-12-30/h5-10,14,16-17,31H,11-13,15,18H2,1-4H3. The molecule has 4 heterocycles. The zero-order valence-electron chi connectivity index (χ0n) is 22.2. The van der Waals surface area contributed by atoms with Crippen LogP contribution in [0.2, 0.25) is 0 Å². The van der Waals surface area contributed by atoms with Gasteiger partial charge >= 0.3 is 0 Å². The molecular formula is C30H32N4O3S. The second-order valence-corrected chi connectivity index (χ2v) is 12.4. The minimum Gasteiger partial charge on any atom is -0.476 e. The van der Waals surface area contributed by atoms with Crippen LogP contribution in [0.4, 0.5) is 0 Å². The summed E-state index contributed by atoms with van der Waals surface area (Å²) in [6.07, 6.45) is 5.10. The van der Waals surface area contributed by atoms with Gasteiger partial charge in [-0.25, -0.2) is 4.98 Å². The first-order valence-corrected chi connectivity index (χ1v) is 13.8. The van der Waals surface area contributed by atoms with Crippen molar-refractivity contribution in [3.05, 3.63) is 71.7 Å². The molecule has 1 aliphatic rings. The highest BCUT2D eigenvalue weighted by Gasteiger charge is 2.42. The maximum atomic E-state index is 12.6. The first-order valence-electron chi connectivity index (χ1n) is 13.0. The van der Waals surface area contributed by atoms with Crippen LogP contribution in [0.1, 0.15) is 50.6 Å². The molecule has 0 aliphatic heterocycles. The van der Waals surface area contributed by atoms with Gasteiger partial charge in [-0.3, -0.25) is 4.79 Å². The van der Waals surface area contributed by atoms with Crippen molar-refractivity contribution in [2.45, 2.75) is 57.4 Å². The Balaban J connectivity index is 1.12. The van der Waals surface area contributed by atoms with Gasteiger partial charge in [-0.05, 0) is 43.1 Å². The maximum absolute atomic E-state index is 12.6. The number of nitrogens with zero attached hydrogens (tertiary/aromatic N) is 3. The Morgan fingerprint density at radius 2 is 1.89 bits per heavy atom. The lowest BCUT2D eigenvalue weighted by atomic mass is 9.93. The van der Waals surface area contributed by atoms with Gasteiger partial charge in [0.2, 0.25) is 5.88 Å². The van der Waals surface area contributed by atoms with E-state index in [4.69, 9.17) is 14.2 Å². The topological polar surface area (TPSA) is 81.7 Å². The van der Waals surface area contributed by atoms with Crippen molar-refractivity contribution in [2.75, 3.05) is 13.7 Å². The summed E-state index contributed by atoms with van der Waals surface area (Å²) >= 11 is 1.66. The molecule has 0 bridgehead atoms. The van der Waals surface area contributed by atoms with E-state index in [9.17, 15) is 4.79 Å². The quantitative estimate of drug-likeness (QED) is 0.253. The first-order chi connectivity index (χ1) is 18.2. The molecule has 0 unspecified atom stereocenters. The number of ether oxygens (including phenoxy) is 1. The van der Waals surface area contributed by atoms with Crippen molar-refractivity contribution in [1.82, 2.24) is 19.9 Å². The summed E-state index contributed by atoms with van der Waals surface area (Å²) < 4.78 is 13.6. The molecule has 8 heteroatoms. The second-order valence-electron chi connectivity index (χ2n) is 11.4. The number of aromatic nitrogens is 3. The van der Waals surface area contributed by atoms with Gasteiger partial charge in [0, 0.05) is 35.7 Å². The number of hydrogen-bond acceptors (Lipinski definition) is 7. The van der Waals surface area contributed by atoms with Gasteiger partial charge < -0.3 is 19.0 Å². The van der Waals surface area contributed by atoms with Crippen LogP contribution in [-0.4, -0.2) is 39.5 Å². The predicted octanol–water partition coefficient (Wildman–Crippen LogP) is 5.99. The molecule has 1 saturated carbocycles. The van der Waals surface area contributed by atoms with Gasteiger partial charge in [-0.2, -0.15) is 0 Å². The fourth-order valence-electron chi connectivity index (χ4n) is 4.61. The van der Waals surface area contributed by atoms with E-state index in [0.29, 0.717) is 24.6 Å². The van der Waals surface area contributed by atoms with E-state index in [-0.39, 0.29) is 23.2 Å². The van der Waals surface area contributed by atoms with Crippen molar-refractivity contribution in [1.29, 1.82) is 0 Å². The lowest BCUT2D eigenvalue weighted by Gasteiger charge is -2.14. The van der Waals surface area contributed by atoms with E-state index < -0.39 is 0 Å². The average Bonchev–Trinajstić information content (AvgIpc) is 3.16. The van der Waals surface area contributed by atoms with Gasteiger partial charge in [-0.15, -0.1) is 0 Å². The summed E-state index contributed by atoms with van der Waals surface area (Å²) in [6.45, 7) is 6.84. The molecule has 1 aromatic carbocycles. The molecule has 0 spiro atoms. The molecule has 1 fully saturated rings. The van der Waals surface area contributed by atoms with Crippen molar-refractivity contribution < 1.29 is 14.1 Å². The summed E-state index contributed by atoms with van der Waals surface area (Å²) in [6, 6.07) is 16.3. The normalized spacial score (nSPS) is 14.8. The maximum Gasteiger partial charge on any atom is 0.214 e. The molecule has 6 rings (SSSR count). The molecule has 5 aromatic rings. The molecule has 0 atom stereocenters. The van der Waals surface area contributed by atoms with Crippen molar-refractivity contribution in [3.8, 4) is 17.0 Å². The number of ketones is 1. The minimum atomic E-state index is -0.121. The summed E-state index contributed by atoms with van der Waals surface area (Å²) in [7, 11) is 1.99. The Hall–Kier alpha value is -3.49. The second kappa shape index (κ2) is 9.36. The van der Waals surface area contributed by atoms with E-state index in [1.165, 1.54) is 0 Å². The number of benzene rings is 1. The summed E-state index contributed by atoms with van der Waals surface area (Å²) in [5, 5.41) is 7.42. The Bertz CT molecular complexity index is 1620. The summed E-state index contributed by atoms with van der Waals surface area (Å²) in [5.74, 6) is 1.59. The molecular weight excluding hydrogens is 496 g/mol. The fourth-order valence-corrected chi connectivity index (χ4v) is 5.65. The van der Waals surface area contributed by atoms with Crippen LogP contribution in [0.3, 0.4) is 0 Å². The number of Topliss-reactive ketones (excluding diaryl/α,β-unsaturated/α-hetero) is 1. The van der Waals surface area contributed by atoms with Crippen molar-refractivity contribution in [3.63, 3.8) is 0 Å². The molecule has 196 valence electrons. The van der Waals surface area contributed by atoms with Crippen LogP contribution in [0.25, 0.3) is 26.3 Å². The molecule has 1 aliphatic carbocycles. The van der Waals surface area contributed by atoms with E-state index >= 15 is 0 Å². The Labute approximate surface area is 225 Å². The van der Waals surface area contributed by atoms with Crippen LogP contribution >= 0.6 is 11.3 Å². The molecule has 0 amide bonds. The van der Waals surface area contributed by atoms with E-state index in [0.717, 1.165) is 50.5 Å². The molecule has 1 N–H and O–H groups in total. The van der Waals surface area contributed by atoms with Crippen molar-refractivity contribution in [2.24, 2.45) is 0 Å². The highest BCUT2D eigenvalue weighted by molar-refractivity contribution is 7.23. The molecule has 0 radical (unpaired) electrons. The number of thiazole rings is 1. The van der Waals surface area contributed by atoms with Crippen LogP contribution in [0.15, 0.2) is 59.3 Å². The van der Waals surface area contributed by atoms with Gasteiger partial charge in [-0.1, -0.05) is 61.5 Å². The Kier molecular flexibility index (Phi) is 6.12. The van der Waals surface area contributed by atoms with Gasteiger partial charge in [0.25, 0.3) is 0 Å². The third-order valence-electron chi connectivity index (χ3n) is 7.31. The lowest BCUT2D eigenvalue weighted by molar-refractivity contribution is -0.117. The highest BCUT2D eigenvalue weighted by atomic mass is 32.1. The van der Waals surface area contributed by atoms with Crippen LogP contribution in [-0.2, 0) is 23.1 Å². The van der Waals surface area contributed by atoms with E-state index in [1.807, 2.05) is 31.3 Å². The first kappa shape index (κ1) is 24.8. The Morgan fingerprint density at radius 3 is 2.58 bits per heavy atom. The van der Waals surface area contributed by atoms with Gasteiger partial charge in [0.05, 0.1) is 23.2 Å². The molecule has 4 aromatic heterocycles. The third kappa shape index (κ3) is 4.98. The highest BCUT2D eigenvalue weighted by Crippen LogP contribution is 2.36. The van der Waals surface area contributed by atoms with Crippen molar-refractivity contribution >= 4 is 32.3 Å². The molecule has 7 nitrogen and oxygen atoms in total. The zero-order chi connectivity index (χ0) is 26.5. The number of carbonyl (C=O) groups is 1. The number of carbonyl (C=O) groups excluding carboxylic acids is 1. The minimum absolute atomic E-state index is 0.121. The third-order valence-corrected chi connectivity index (χ3v) is 8.32. The number of pyridine rings is 1. The number of nitrogens with one attached hydrogen (secondary N) is 1. The number of hydrogen-bond donors (Lipinski definition) is 1. The van der Waals surface area contributed by atoms with E-state index in [2.05, 4.69) is 66.1 Å². The summed E-state index contributed by atoms with van der Waals surface area (Å²) in [5.41, 5.74) is 5.02. The number of fused-ring (bicyclic) bond motifs is 3. The fraction of sp³-hybridized carbons (Fsp3) is 0.367. The average molecular weight is 529 g/mol.